The van der Waals surface area contributed by atoms with E-state index in [0.29, 0.717) is 18.1 Å². The summed E-state index contributed by atoms with van der Waals surface area (Å²) in [6.45, 7) is 5.26. The number of para-hydroxylation sites is 2. The van der Waals surface area contributed by atoms with Crippen LogP contribution >= 0.6 is 11.6 Å². The molecule has 138 valence electrons. The molecule has 0 bridgehead atoms. The van der Waals surface area contributed by atoms with Gasteiger partial charge in [0, 0.05) is 36.9 Å². The fourth-order valence-corrected chi connectivity index (χ4v) is 3.33. The monoisotopic (exact) mass is 373 g/mol. The number of nitrogens with one attached hydrogen (secondary N) is 1. The van der Waals surface area contributed by atoms with Crippen LogP contribution in [0.15, 0.2) is 42.5 Å². The number of hydrogen-bond acceptors (Lipinski definition) is 4. The first-order valence-corrected chi connectivity index (χ1v) is 9.12. The first kappa shape index (κ1) is 18.4. The van der Waals surface area contributed by atoms with Gasteiger partial charge < -0.3 is 19.9 Å². The van der Waals surface area contributed by atoms with Crippen molar-refractivity contribution < 1.29 is 9.53 Å². The summed E-state index contributed by atoms with van der Waals surface area (Å²) < 4.78 is 5.44. The van der Waals surface area contributed by atoms with Crippen molar-refractivity contribution in [3.63, 3.8) is 0 Å². The molecule has 6 heteroatoms. The predicted molar refractivity (Wildman–Crippen MR) is 106 cm³/mol. The van der Waals surface area contributed by atoms with Crippen LogP contribution in [0.1, 0.15) is 5.56 Å². The smallest absolute Gasteiger partial charge is 0.241 e. The number of amides is 1. The van der Waals surface area contributed by atoms with Gasteiger partial charge in [-0.25, -0.2) is 0 Å². The van der Waals surface area contributed by atoms with Crippen LogP contribution in [0.5, 0.6) is 5.75 Å². The summed E-state index contributed by atoms with van der Waals surface area (Å²) in [6.07, 6.45) is 0. The molecule has 1 aliphatic heterocycles. The minimum absolute atomic E-state index is 0.101. The molecule has 1 heterocycles. The summed E-state index contributed by atoms with van der Waals surface area (Å²) in [5.41, 5.74) is 3.05. The molecule has 1 saturated heterocycles. The van der Waals surface area contributed by atoms with Crippen LogP contribution in [-0.4, -0.2) is 50.6 Å². The summed E-state index contributed by atoms with van der Waals surface area (Å²) in [6, 6.07) is 13.6. The zero-order valence-corrected chi connectivity index (χ0v) is 15.9. The van der Waals surface area contributed by atoms with Gasteiger partial charge in [0.05, 0.1) is 19.3 Å². The van der Waals surface area contributed by atoms with E-state index in [1.54, 1.807) is 7.11 Å². The molecule has 2 aromatic carbocycles. The van der Waals surface area contributed by atoms with Crippen molar-refractivity contribution in [1.82, 2.24) is 4.90 Å². The molecule has 0 unspecified atom stereocenters. The Balaban J connectivity index is 1.54. The lowest BCUT2D eigenvalue weighted by Crippen LogP contribution is -2.50. The molecular formula is C20H24ClN3O2. The van der Waals surface area contributed by atoms with E-state index in [-0.39, 0.29) is 12.5 Å². The third-order valence-electron chi connectivity index (χ3n) is 4.69. The minimum atomic E-state index is 0.101. The number of aryl methyl sites for hydroxylation is 1. The molecule has 1 N–H and O–H groups in total. The van der Waals surface area contributed by atoms with Gasteiger partial charge >= 0.3 is 0 Å². The molecular weight excluding hydrogens is 350 g/mol. The Morgan fingerprint density at radius 1 is 1.15 bits per heavy atom. The lowest BCUT2D eigenvalue weighted by atomic mass is 10.2. The van der Waals surface area contributed by atoms with Gasteiger partial charge in [-0.1, -0.05) is 29.8 Å². The second-order valence-electron chi connectivity index (χ2n) is 6.35. The average Bonchev–Trinajstić information content (AvgIpc) is 2.68. The molecule has 3 rings (SSSR count). The zero-order valence-electron chi connectivity index (χ0n) is 15.2. The first-order valence-electron chi connectivity index (χ1n) is 8.74. The highest BCUT2D eigenvalue weighted by molar-refractivity contribution is 6.30. The third kappa shape index (κ3) is 4.22. The molecule has 1 aliphatic rings. The van der Waals surface area contributed by atoms with Crippen molar-refractivity contribution in [2.75, 3.05) is 50.1 Å². The first-order chi connectivity index (χ1) is 12.6. The molecule has 5 nitrogen and oxygen atoms in total. The second kappa shape index (κ2) is 8.32. The highest BCUT2D eigenvalue weighted by Gasteiger charge is 2.22. The number of carbonyl (C=O) groups excluding carboxylic acids is 1. The summed E-state index contributed by atoms with van der Waals surface area (Å²) in [5.74, 6) is 0.967. The van der Waals surface area contributed by atoms with Crippen LogP contribution in [0.25, 0.3) is 0 Å². The fourth-order valence-electron chi connectivity index (χ4n) is 3.16. The van der Waals surface area contributed by atoms with Crippen LogP contribution < -0.4 is 15.0 Å². The van der Waals surface area contributed by atoms with Crippen molar-refractivity contribution in [3.8, 4) is 5.75 Å². The van der Waals surface area contributed by atoms with E-state index in [0.717, 1.165) is 35.8 Å². The van der Waals surface area contributed by atoms with Gasteiger partial charge in [0.15, 0.2) is 0 Å². The van der Waals surface area contributed by atoms with Gasteiger partial charge in [-0.05, 0) is 36.8 Å². The molecule has 0 saturated carbocycles. The molecule has 0 atom stereocenters. The maximum atomic E-state index is 12.5. The molecule has 0 aromatic heterocycles. The van der Waals surface area contributed by atoms with E-state index in [2.05, 4.69) is 16.3 Å². The van der Waals surface area contributed by atoms with Gasteiger partial charge in [-0.3, -0.25) is 4.79 Å². The predicted octanol–water partition coefficient (Wildman–Crippen LogP) is 3.42. The third-order valence-corrected chi connectivity index (χ3v) is 4.92. The Hall–Kier alpha value is -2.40. The number of benzene rings is 2. The lowest BCUT2D eigenvalue weighted by Gasteiger charge is -2.36. The number of nitrogens with zero attached hydrogens (tertiary/aromatic N) is 2. The largest absolute Gasteiger partial charge is 0.495 e. The Kier molecular flexibility index (Phi) is 5.89. The van der Waals surface area contributed by atoms with Gasteiger partial charge in [0.25, 0.3) is 0 Å². The SMILES string of the molecule is COc1ccccc1N1CCN(C(=O)CNc2cc(Cl)ccc2C)CC1. The Morgan fingerprint density at radius 2 is 1.88 bits per heavy atom. The zero-order chi connectivity index (χ0) is 18.5. The molecule has 0 spiro atoms. The van der Waals surface area contributed by atoms with E-state index >= 15 is 0 Å². The summed E-state index contributed by atoms with van der Waals surface area (Å²) in [7, 11) is 1.68. The van der Waals surface area contributed by atoms with Crippen LogP contribution in [0.3, 0.4) is 0 Å². The van der Waals surface area contributed by atoms with Crippen molar-refractivity contribution in [2.24, 2.45) is 0 Å². The topological polar surface area (TPSA) is 44.8 Å². The molecule has 26 heavy (non-hydrogen) atoms. The Labute approximate surface area is 159 Å². The van der Waals surface area contributed by atoms with E-state index in [1.165, 1.54) is 0 Å². The van der Waals surface area contributed by atoms with Crippen LogP contribution in [0.2, 0.25) is 5.02 Å². The van der Waals surface area contributed by atoms with Crippen LogP contribution in [-0.2, 0) is 4.79 Å². The van der Waals surface area contributed by atoms with E-state index in [4.69, 9.17) is 16.3 Å². The maximum absolute atomic E-state index is 12.5. The number of piperazine rings is 1. The Bertz CT molecular complexity index is 773. The second-order valence-corrected chi connectivity index (χ2v) is 6.79. The lowest BCUT2D eigenvalue weighted by molar-refractivity contribution is -0.129. The van der Waals surface area contributed by atoms with Gasteiger partial charge in [-0.15, -0.1) is 0 Å². The Morgan fingerprint density at radius 3 is 2.62 bits per heavy atom. The van der Waals surface area contributed by atoms with Crippen molar-refractivity contribution in [3.05, 3.63) is 53.1 Å². The number of carbonyl (C=O) groups is 1. The van der Waals surface area contributed by atoms with Gasteiger partial charge in [0.1, 0.15) is 5.75 Å². The van der Waals surface area contributed by atoms with E-state index < -0.39 is 0 Å². The average molecular weight is 374 g/mol. The number of rotatable bonds is 5. The van der Waals surface area contributed by atoms with Crippen molar-refractivity contribution in [2.45, 2.75) is 6.92 Å². The van der Waals surface area contributed by atoms with Crippen molar-refractivity contribution >= 4 is 28.9 Å². The van der Waals surface area contributed by atoms with Gasteiger partial charge in [-0.2, -0.15) is 0 Å². The summed E-state index contributed by atoms with van der Waals surface area (Å²) >= 11 is 6.03. The summed E-state index contributed by atoms with van der Waals surface area (Å²) in [4.78, 5) is 16.7. The highest BCUT2D eigenvalue weighted by atomic mass is 35.5. The van der Waals surface area contributed by atoms with E-state index in [9.17, 15) is 4.79 Å². The number of ether oxygens (including phenoxy) is 1. The van der Waals surface area contributed by atoms with Crippen molar-refractivity contribution in [1.29, 1.82) is 0 Å². The van der Waals surface area contributed by atoms with E-state index in [1.807, 2.05) is 48.2 Å². The van der Waals surface area contributed by atoms with Crippen LogP contribution in [0.4, 0.5) is 11.4 Å². The summed E-state index contributed by atoms with van der Waals surface area (Å²) in [5, 5.41) is 3.87. The number of halogens is 1. The molecule has 0 aliphatic carbocycles. The molecule has 1 fully saturated rings. The molecule has 1 amide bonds. The minimum Gasteiger partial charge on any atom is -0.495 e. The molecule has 2 aromatic rings. The highest BCUT2D eigenvalue weighted by Crippen LogP contribution is 2.28. The maximum Gasteiger partial charge on any atom is 0.241 e. The number of methoxy groups -OCH3 is 1. The quantitative estimate of drug-likeness (QED) is 0.872. The van der Waals surface area contributed by atoms with Crippen LogP contribution in [0, 0.1) is 6.92 Å². The standard InChI is InChI=1S/C20H24ClN3O2/c1-15-7-8-16(21)13-17(15)22-14-20(25)24-11-9-23(10-12-24)18-5-3-4-6-19(18)26-2/h3-8,13,22H,9-12,14H2,1-2H3. The normalized spacial score (nSPS) is 14.3. The number of hydrogen-bond donors (Lipinski definition) is 1. The fraction of sp³-hybridized carbons (Fsp3) is 0.350. The molecule has 0 radical (unpaired) electrons. The van der Waals surface area contributed by atoms with Gasteiger partial charge in [0.2, 0.25) is 5.91 Å². The number of anilines is 2.